The molecule has 0 fully saturated rings. The summed E-state index contributed by atoms with van der Waals surface area (Å²) < 4.78 is 20.9. The zero-order valence-corrected chi connectivity index (χ0v) is 34.6. The molecule has 14 heteroatoms. The molecule has 0 saturated heterocycles. The minimum Gasteiger partial charge on any atom is -0.462 e. The van der Waals surface area contributed by atoms with Crippen molar-refractivity contribution >= 4 is 82.2 Å². The fourth-order valence-corrected chi connectivity index (χ4v) is 4.66. The van der Waals surface area contributed by atoms with Crippen LogP contribution in [0.25, 0.3) is 0 Å². The van der Waals surface area contributed by atoms with Crippen molar-refractivity contribution in [3.05, 3.63) is 58.4 Å². The van der Waals surface area contributed by atoms with E-state index in [0.29, 0.717) is 0 Å². The summed E-state index contributed by atoms with van der Waals surface area (Å²) >= 11 is 0. The van der Waals surface area contributed by atoms with E-state index in [1.54, 1.807) is 19.0 Å². The lowest BCUT2D eigenvalue weighted by molar-refractivity contribution is -0.118. The predicted octanol–water partition coefficient (Wildman–Crippen LogP) is 4.61. The van der Waals surface area contributed by atoms with E-state index in [1.807, 2.05) is 98.9 Å². The summed E-state index contributed by atoms with van der Waals surface area (Å²) in [6, 6.07) is 7.82. The van der Waals surface area contributed by atoms with Gasteiger partial charge in [-0.1, -0.05) is 37.0 Å². The van der Waals surface area contributed by atoms with Crippen LogP contribution >= 0.6 is 37.0 Å². The molecule has 4 aromatic heterocycles. The van der Waals surface area contributed by atoms with Crippen LogP contribution in [0, 0.1) is 41.5 Å². The van der Waals surface area contributed by atoms with Crippen molar-refractivity contribution in [1.29, 1.82) is 0 Å². The summed E-state index contributed by atoms with van der Waals surface area (Å²) in [5, 5.41) is 5.14. The number of carbonyl (C=O) groups excluding carboxylic acids is 2. The molecule has 0 aliphatic carbocycles. The summed E-state index contributed by atoms with van der Waals surface area (Å²) in [5.74, 6) is 3.76. The summed E-state index contributed by atoms with van der Waals surface area (Å²) in [5.41, 5.74) is 7.87. The molecular weight excluding hydrogens is 660 g/mol. The average Bonchev–Trinajstić information content (AvgIpc) is 3.65. The summed E-state index contributed by atoms with van der Waals surface area (Å²) in [6.07, 6.45) is 0. The highest BCUT2D eigenvalue weighted by molar-refractivity contribution is 7.27. The van der Waals surface area contributed by atoms with Gasteiger partial charge in [-0.15, -0.1) is 0 Å². The molecule has 0 aromatic carbocycles. The van der Waals surface area contributed by atoms with Crippen LogP contribution in [-0.4, -0.2) is 54.1 Å². The van der Waals surface area contributed by atoms with Crippen LogP contribution in [0.1, 0.15) is 48.0 Å². The molecule has 4 heterocycles. The van der Waals surface area contributed by atoms with E-state index in [1.165, 1.54) is 25.0 Å². The SMILES string of the molecule is CC(=O)N(C)c1cc(P)oc1C.CNC.CNC(C)=O.Cc1cc(P)oc1C.Cc1cc(P)oc1C.Cc1oc(P)cc1N(C)C. The van der Waals surface area contributed by atoms with Crippen LogP contribution in [0.3, 0.4) is 0 Å². The van der Waals surface area contributed by atoms with E-state index < -0.39 is 0 Å². The monoisotopic (exact) mass is 716 g/mol. The maximum Gasteiger partial charge on any atom is 0.223 e. The first-order valence-corrected chi connectivity index (χ1v) is 16.6. The summed E-state index contributed by atoms with van der Waals surface area (Å²) in [6.45, 7) is 14.8. The van der Waals surface area contributed by atoms with Gasteiger partial charge < -0.3 is 38.1 Å². The number of hydrogen-bond acceptors (Lipinski definition) is 8. The molecule has 0 aliphatic heterocycles. The predicted molar refractivity (Wildman–Crippen MR) is 209 cm³/mol. The molecule has 4 aromatic rings. The zero-order valence-electron chi connectivity index (χ0n) is 30.0. The third kappa shape index (κ3) is 19.3. The van der Waals surface area contributed by atoms with Crippen molar-refractivity contribution < 1.29 is 27.3 Å². The van der Waals surface area contributed by atoms with Crippen molar-refractivity contribution in [1.82, 2.24) is 10.6 Å². The fourth-order valence-electron chi connectivity index (χ4n) is 3.14. The summed E-state index contributed by atoms with van der Waals surface area (Å²) in [4.78, 5) is 24.3. The van der Waals surface area contributed by atoms with Gasteiger partial charge in [0, 0.05) is 54.2 Å². The van der Waals surface area contributed by atoms with Gasteiger partial charge in [0.1, 0.15) is 45.0 Å². The minimum atomic E-state index is 0.00361. The first kappa shape index (κ1) is 45.7. The Morgan fingerprint density at radius 1 is 0.587 bits per heavy atom. The first-order chi connectivity index (χ1) is 21.2. The molecule has 0 radical (unpaired) electrons. The molecule has 2 N–H and O–H groups in total. The fraction of sp³-hybridized carbons (Fsp3) is 0.438. The lowest BCUT2D eigenvalue weighted by atomic mass is 10.3. The standard InChI is InChI=1S/C8H12NO2P.C7H12NOP.2C6H9OP.C3H7NO.C2H7N/c1-5-7(4-8(12)11-5)9(3)6(2)10;1-5-6(8(2)3)4-7(10)9-5;2*1-4-3-6(8)7-5(4)2;1-3(5)4-2;1-3-2/h4H,12H2,1-3H3;4H,10H2,1-3H3;2*3H,8H2,1-2H3;1-2H3,(H,4,5);3H,1-2H3. The molecular formula is C32H56N4O6P4. The highest BCUT2D eigenvalue weighted by Gasteiger charge is 2.12. The van der Waals surface area contributed by atoms with Gasteiger partial charge in [0.2, 0.25) is 11.8 Å². The Hall–Kier alpha value is -2.46. The number of furan rings is 4. The van der Waals surface area contributed by atoms with E-state index in [9.17, 15) is 9.59 Å². The number of amides is 2. The summed E-state index contributed by atoms with van der Waals surface area (Å²) in [7, 11) is 21.1. The molecule has 260 valence electrons. The number of hydrogen-bond donors (Lipinski definition) is 2. The lowest BCUT2D eigenvalue weighted by Gasteiger charge is -2.12. The molecule has 0 spiro atoms. The molecule has 0 bridgehead atoms. The quantitative estimate of drug-likeness (QED) is 0.289. The van der Waals surface area contributed by atoms with Gasteiger partial charge in [-0.3, -0.25) is 9.59 Å². The lowest BCUT2D eigenvalue weighted by Crippen LogP contribution is -2.22. The van der Waals surface area contributed by atoms with Crippen molar-refractivity contribution in [2.45, 2.75) is 55.4 Å². The molecule has 0 saturated carbocycles. The molecule has 4 unspecified atom stereocenters. The molecule has 4 atom stereocenters. The highest BCUT2D eigenvalue weighted by Crippen LogP contribution is 2.19. The number of nitrogens with one attached hydrogen (secondary N) is 2. The number of aryl methyl sites for hydroxylation is 6. The third-order valence-corrected chi connectivity index (χ3v) is 7.00. The maximum atomic E-state index is 11.0. The van der Waals surface area contributed by atoms with E-state index in [2.05, 4.69) is 47.6 Å². The largest absolute Gasteiger partial charge is 0.462 e. The molecule has 46 heavy (non-hydrogen) atoms. The van der Waals surface area contributed by atoms with Gasteiger partial charge in [-0.05, 0) is 78.9 Å². The van der Waals surface area contributed by atoms with Gasteiger partial charge in [0.15, 0.2) is 0 Å². The van der Waals surface area contributed by atoms with Crippen LogP contribution in [0.15, 0.2) is 41.9 Å². The average molecular weight is 717 g/mol. The minimum absolute atomic E-state index is 0.00361. The van der Waals surface area contributed by atoms with Gasteiger partial charge in [-0.25, -0.2) is 0 Å². The Morgan fingerprint density at radius 2 is 0.870 bits per heavy atom. The second-order valence-corrected chi connectivity index (χ2v) is 12.5. The van der Waals surface area contributed by atoms with Gasteiger partial charge in [0.25, 0.3) is 0 Å². The third-order valence-electron chi connectivity index (χ3n) is 5.86. The van der Waals surface area contributed by atoms with Crippen LogP contribution in [0.4, 0.5) is 11.4 Å². The van der Waals surface area contributed by atoms with E-state index in [-0.39, 0.29) is 11.8 Å². The maximum absolute atomic E-state index is 11.0. The van der Waals surface area contributed by atoms with E-state index >= 15 is 0 Å². The normalized spacial score (nSPS) is 9.35. The van der Waals surface area contributed by atoms with Gasteiger partial charge in [0.05, 0.1) is 11.4 Å². The number of rotatable bonds is 2. The number of carbonyl (C=O) groups is 2. The van der Waals surface area contributed by atoms with Crippen molar-refractivity contribution in [2.24, 2.45) is 0 Å². The Balaban J connectivity index is 0. The van der Waals surface area contributed by atoms with Gasteiger partial charge in [-0.2, -0.15) is 0 Å². The van der Waals surface area contributed by atoms with Crippen molar-refractivity contribution in [3.63, 3.8) is 0 Å². The van der Waals surface area contributed by atoms with Crippen molar-refractivity contribution in [2.75, 3.05) is 52.1 Å². The van der Waals surface area contributed by atoms with Crippen LogP contribution in [0.5, 0.6) is 0 Å². The van der Waals surface area contributed by atoms with Gasteiger partial charge >= 0.3 is 0 Å². The topological polar surface area (TPSA) is 117 Å². The molecule has 4 rings (SSSR count). The highest BCUT2D eigenvalue weighted by atomic mass is 31.0. The Morgan fingerprint density at radius 3 is 1.00 bits per heavy atom. The second kappa shape index (κ2) is 23.8. The number of nitrogens with zero attached hydrogens (tertiary/aromatic N) is 2. The van der Waals surface area contributed by atoms with E-state index in [4.69, 9.17) is 17.7 Å². The Labute approximate surface area is 285 Å². The first-order valence-electron chi connectivity index (χ1n) is 14.3. The van der Waals surface area contributed by atoms with Crippen molar-refractivity contribution in [3.8, 4) is 0 Å². The molecule has 10 nitrogen and oxygen atoms in total. The van der Waals surface area contributed by atoms with E-state index in [0.717, 1.165) is 56.4 Å². The second-order valence-electron chi connectivity index (χ2n) is 10.2. The van der Waals surface area contributed by atoms with Crippen LogP contribution in [-0.2, 0) is 9.59 Å². The Kier molecular flexibility index (Phi) is 23.6. The Bertz CT molecular complexity index is 1370. The zero-order chi connectivity index (χ0) is 36.3. The van der Waals surface area contributed by atoms with Crippen LogP contribution < -0.4 is 42.4 Å². The smallest absolute Gasteiger partial charge is 0.223 e. The van der Waals surface area contributed by atoms with Crippen LogP contribution in [0.2, 0.25) is 0 Å². The number of anilines is 2. The molecule has 2 amide bonds. The molecule has 0 aliphatic rings.